The van der Waals surface area contributed by atoms with Crippen LogP contribution in [0.3, 0.4) is 0 Å². The van der Waals surface area contributed by atoms with Crippen LogP contribution in [0.15, 0.2) is 46.9 Å². The highest BCUT2D eigenvalue weighted by Crippen LogP contribution is 2.43. The van der Waals surface area contributed by atoms with Gasteiger partial charge in [-0.05, 0) is 48.9 Å². The van der Waals surface area contributed by atoms with Crippen molar-refractivity contribution < 1.29 is 22.4 Å². The van der Waals surface area contributed by atoms with Gasteiger partial charge in [0, 0.05) is 27.0 Å². The second-order valence-electron chi connectivity index (χ2n) is 6.62. The Balaban J connectivity index is 1.93. The molecule has 2 N–H and O–H groups in total. The molecule has 2 aromatic carbocycles. The molecular weight excluding hydrogens is 452 g/mol. The number of aromatic amines is 1. The molecule has 8 heteroatoms. The third kappa shape index (κ3) is 3.48. The number of H-pyrrole nitrogens is 1. The molecule has 4 rings (SSSR count). The number of carbonyl (C=O) groups is 1. The van der Waals surface area contributed by atoms with E-state index in [1.54, 1.807) is 18.2 Å². The predicted molar refractivity (Wildman–Crippen MR) is 107 cm³/mol. The zero-order valence-electron chi connectivity index (χ0n) is 14.9. The summed E-state index contributed by atoms with van der Waals surface area (Å²) in [6.07, 6.45) is -3.48. The average Bonchev–Trinajstić information content (AvgIpc) is 3.13. The number of hydrogen-bond donors (Lipinski definition) is 2. The molecule has 29 heavy (non-hydrogen) atoms. The average molecular weight is 465 g/mol. The van der Waals surface area contributed by atoms with E-state index in [9.17, 15) is 22.4 Å². The molecule has 0 spiro atoms. The van der Waals surface area contributed by atoms with Crippen molar-refractivity contribution in [2.24, 2.45) is 0 Å². The minimum Gasteiger partial charge on any atom is -0.358 e. The van der Waals surface area contributed by atoms with Crippen LogP contribution in [-0.2, 0) is 11.0 Å². The number of hydrogen-bond acceptors (Lipinski definition) is 1. The maximum Gasteiger partial charge on any atom is 0.419 e. The highest BCUT2D eigenvalue weighted by molar-refractivity contribution is 9.10. The monoisotopic (exact) mass is 464 g/mol. The zero-order chi connectivity index (χ0) is 20.9. The first kappa shape index (κ1) is 19.4. The van der Waals surface area contributed by atoms with Crippen molar-refractivity contribution in [2.45, 2.75) is 13.1 Å². The molecule has 3 aromatic rings. The molecule has 0 atom stereocenters. The Kier molecular flexibility index (Phi) is 4.61. The van der Waals surface area contributed by atoms with Crippen molar-refractivity contribution in [3.8, 4) is 11.1 Å². The number of rotatable bonds is 2. The number of fused-ring (bicyclic) bond motifs is 1. The van der Waals surface area contributed by atoms with E-state index in [-0.39, 0.29) is 28.1 Å². The normalized spacial score (nSPS) is 15.0. The van der Waals surface area contributed by atoms with Crippen LogP contribution in [0, 0.1) is 12.7 Å². The molecule has 0 fully saturated rings. The summed E-state index contributed by atoms with van der Waals surface area (Å²) in [5.74, 6) is -1.02. The lowest BCUT2D eigenvalue weighted by molar-refractivity contribution is -0.137. The fourth-order valence-electron chi connectivity index (χ4n) is 3.48. The molecule has 1 amide bonds. The lowest BCUT2D eigenvalue weighted by Crippen LogP contribution is -2.08. The van der Waals surface area contributed by atoms with Crippen LogP contribution in [0.5, 0.6) is 0 Å². The number of aryl methyl sites for hydroxylation is 1. The van der Waals surface area contributed by atoms with E-state index in [1.165, 1.54) is 25.1 Å². The quantitative estimate of drug-likeness (QED) is 0.334. The molecule has 0 bridgehead atoms. The number of anilines is 1. The fraction of sp³-hybridized carbons (Fsp3) is 0.0952. The number of carbonyl (C=O) groups excluding carboxylic acids is 1. The van der Waals surface area contributed by atoms with Crippen molar-refractivity contribution in [1.82, 2.24) is 4.98 Å². The number of amides is 1. The van der Waals surface area contributed by atoms with E-state index in [0.717, 1.165) is 12.1 Å². The van der Waals surface area contributed by atoms with Crippen LogP contribution in [-0.4, -0.2) is 10.9 Å². The van der Waals surface area contributed by atoms with Gasteiger partial charge in [0.05, 0.1) is 16.8 Å². The van der Waals surface area contributed by atoms with Gasteiger partial charge in [-0.2, -0.15) is 13.2 Å². The summed E-state index contributed by atoms with van der Waals surface area (Å²) >= 11 is 3.31. The van der Waals surface area contributed by atoms with Gasteiger partial charge in [-0.15, -0.1) is 0 Å². The Bertz CT molecular complexity index is 1160. The van der Waals surface area contributed by atoms with Gasteiger partial charge in [-0.1, -0.05) is 28.1 Å². The van der Waals surface area contributed by atoms with Crippen LogP contribution in [0.2, 0.25) is 0 Å². The summed E-state index contributed by atoms with van der Waals surface area (Å²) < 4.78 is 55.9. The van der Waals surface area contributed by atoms with Gasteiger partial charge in [0.15, 0.2) is 0 Å². The molecule has 0 unspecified atom stereocenters. The Morgan fingerprint density at radius 1 is 1.07 bits per heavy atom. The first-order chi connectivity index (χ1) is 13.6. The molecule has 0 radical (unpaired) electrons. The maximum atomic E-state index is 14.0. The van der Waals surface area contributed by atoms with Crippen molar-refractivity contribution in [2.75, 3.05) is 5.32 Å². The van der Waals surface area contributed by atoms with E-state index in [2.05, 4.69) is 26.2 Å². The predicted octanol–water partition coefficient (Wildman–Crippen LogP) is 6.40. The fourth-order valence-corrected chi connectivity index (χ4v) is 3.84. The van der Waals surface area contributed by atoms with Gasteiger partial charge in [0.1, 0.15) is 5.82 Å². The van der Waals surface area contributed by atoms with E-state index in [4.69, 9.17) is 0 Å². The van der Waals surface area contributed by atoms with Gasteiger partial charge in [-0.3, -0.25) is 4.79 Å². The highest BCUT2D eigenvalue weighted by Gasteiger charge is 2.39. The summed E-state index contributed by atoms with van der Waals surface area (Å²) in [5, 5.41) is 2.65. The first-order valence-corrected chi connectivity index (χ1v) is 9.33. The second-order valence-corrected chi connectivity index (χ2v) is 7.54. The van der Waals surface area contributed by atoms with Crippen molar-refractivity contribution >= 4 is 39.2 Å². The molecule has 1 aliphatic rings. The molecule has 0 saturated heterocycles. The third-order valence-electron chi connectivity index (χ3n) is 4.69. The Morgan fingerprint density at radius 2 is 1.76 bits per heavy atom. The number of halogens is 5. The van der Waals surface area contributed by atoms with E-state index in [1.807, 2.05) is 0 Å². The van der Waals surface area contributed by atoms with Crippen LogP contribution in [0.25, 0.3) is 22.8 Å². The molecule has 1 aliphatic heterocycles. The third-order valence-corrected chi connectivity index (χ3v) is 5.18. The summed E-state index contributed by atoms with van der Waals surface area (Å²) in [4.78, 5) is 15.1. The minimum atomic E-state index is -4.68. The van der Waals surface area contributed by atoms with Gasteiger partial charge in [-0.25, -0.2) is 4.39 Å². The Hall–Kier alpha value is -2.87. The van der Waals surface area contributed by atoms with E-state index in [0.29, 0.717) is 15.7 Å². The zero-order valence-corrected chi connectivity index (χ0v) is 16.5. The molecular formula is C21H13BrF4N2O. The van der Waals surface area contributed by atoms with Gasteiger partial charge in [0.2, 0.25) is 0 Å². The number of benzene rings is 2. The van der Waals surface area contributed by atoms with Gasteiger partial charge >= 0.3 is 6.18 Å². The van der Waals surface area contributed by atoms with Crippen molar-refractivity contribution in [3.05, 3.63) is 75.3 Å². The Labute approximate surface area is 171 Å². The standard InChI is InChI=1S/C21H13BrF4N2O/c1-10-18(11-2-5-13(23)6-3-11)19(21(24,25)26)17(27-10)9-15-14-8-12(22)4-7-16(14)28-20(15)29/h2-9,27H,1H3,(H,28,29)/b15-9-. The number of aromatic nitrogens is 1. The van der Waals surface area contributed by atoms with Crippen LogP contribution >= 0.6 is 15.9 Å². The Morgan fingerprint density at radius 3 is 2.41 bits per heavy atom. The van der Waals surface area contributed by atoms with Crippen LogP contribution < -0.4 is 5.32 Å². The molecule has 148 valence electrons. The van der Waals surface area contributed by atoms with E-state index < -0.39 is 23.5 Å². The number of alkyl halides is 3. The molecule has 2 heterocycles. The molecule has 1 aromatic heterocycles. The molecule has 0 aliphatic carbocycles. The lowest BCUT2D eigenvalue weighted by atomic mass is 9.98. The highest BCUT2D eigenvalue weighted by atomic mass is 79.9. The smallest absolute Gasteiger partial charge is 0.358 e. The lowest BCUT2D eigenvalue weighted by Gasteiger charge is -2.11. The summed E-state index contributed by atoms with van der Waals surface area (Å²) in [6.45, 7) is 1.51. The first-order valence-electron chi connectivity index (χ1n) is 8.54. The summed E-state index contributed by atoms with van der Waals surface area (Å²) in [6, 6.07) is 9.89. The van der Waals surface area contributed by atoms with Crippen LogP contribution in [0.4, 0.5) is 23.2 Å². The molecule has 3 nitrogen and oxygen atoms in total. The second kappa shape index (κ2) is 6.88. The topological polar surface area (TPSA) is 44.9 Å². The SMILES string of the molecule is Cc1[nH]c(/C=C2\C(=O)Nc3ccc(Br)cc32)c(C(F)(F)F)c1-c1ccc(F)cc1. The van der Waals surface area contributed by atoms with Crippen LogP contribution in [0.1, 0.15) is 22.5 Å². The van der Waals surface area contributed by atoms with Crippen molar-refractivity contribution in [1.29, 1.82) is 0 Å². The number of nitrogens with one attached hydrogen (secondary N) is 2. The molecule has 0 saturated carbocycles. The largest absolute Gasteiger partial charge is 0.419 e. The maximum absolute atomic E-state index is 14.0. The van der Waals surface area contributed by atoms with Gasteiger partial charge < -0.3 is 10.3 Å². The summed E-state index contributed by atoms with van der Waals surface area (Å²) in [7, 11) is 0. The van der Waals surface area contributed by atoms with Gasteiger partial charge in [0.25, 0.3) is 5.91 Å². The summed E-state index contributed by atoms with van der Waals surface area (Å²) in [5.41, 5.74) is 0.460. The van der Waals surface area contributed by atoms with Crippen molar-refractivity contribution in [3.63, 3.8) is 0 Å². The van der Waals surface area contributed by atoms with E-state index >= 15 is 0 Å². The minimum absolute atomic E-state index is 0.0720.